The summed E-state index contributed by atoms with van der Waals surface area (Å²) in [5, 5.41) is 0. The highest BCUT2D eigenvalue weighted by atomic mass is 35.5. The molecule has 1 rings (SSSR count). The summed E-state index contributed by atoms with van der Waals surface area (Å²) in [6, 6.07) is 1.37. The first-order chi connectivity index (χ1) is 7.59. The largest absolute Gasteiger partial charge is 0.416 e. The molecule has 96 valence electrons. The van der Waals surface area contributed by atoms with Gasteiger partial charge in [0.25, 0.3) is 0 Å². The fraction of sp³-hybridized carbons (Fsp3) is 0.400. The van der Waals surface area contributed by atoms with Crippen LogP contribution < -0.4 is 0 Å². The van der Waals surface area contributed by atoms with Gasteiger partial charge in [-0.05, 0) is 24.1 Å². The zero-order valence-electron chi connectivity index (χ0n) is 8.51. The van der Waals surface area contributed by atoms with Crippen molar-refractivity contribution in [3.8, 4) is 0 Å². The van der Waals surface area contributed by atoms with E-state index < -0.39 is 34.9 Å². The maximum absolute atomic E-state index is 12.6. The second-order valence-corrected chi connectivity index (χ2v) is 3.67. The molecule has 0 aliphatic carbocycles. The van der Waals surface area contributed by atoms with Crippen LogP contribution in [-0.2, 0) is 18.2 Å². The molecule has 1 aromatic carbocycles. The van der Waals surface area contributed by atoms with E-state index in [0.29, 0.717) is 6.07 Å². The van der Waals surface area contributed by atoms with E-state index in [1.165, 1.54) is 0 Å². The van der Waals surface area contributed by atoms with Gasteiger partial charge in [0.05, 0.1) is 11.1 Å². The Kier molecular flexibility index (Phi) is 3.66. The van der Waals surface area contributed by atoms with Gasteiger partial charge in [-0.3, -0.25) is 0 Å². The topological polar surface area (TPSA) is 0 Å². The van der Waals surface area contributed by atoms with Crippen molar-refractivity contribution in [3.05, 3.63) is 34.4 Å². The molecule has 0 radical (unpaired) electrons. The number of hydrogen-bond donors (Lipinski definition) is 0. The quantitative estimate of drug-likeness (QED) is 0.512. The standard InChI is InChI=1S/C10H7ClF6/c1-5-7(9(12,13)14)3-2-6(4-11)8(5)10(15,16)17/h2-3H,4H2,1H3. The van der Waals surface area contributed by atoms with Crippen molar-refractivity contribution >= 4 is 11.6 Å². The van der Waals surface area contributed by atoms with Gasteiger partial charge in [0.1, 0.15) is 0 Å². The summed E-state index contributed by atoms with van der Waals surface area (Å²) < 4.78 is 75.3. The molecule has 0 aromatic heterocycles. The molecule has 0 amide bonds. The molecule has 0 aliphatic rings. The highest BCUT2D eigenvalue weighted by Gasteiger charge is 2.40. The third-order valence-corrected chi connectivity index (χ3v) is 2.57. The van der Waals surface area contributed by atoms with Crippen LogP contribution in [0, 0.1) is 6.92 Å². The Bertz CT molecular complexity index is 418. The van der Waals surface area contributed by atoms with Crippen LogP contribution in [0.4, 0.5) is 26.3 Å². The van der Waals surface area contributed by atoms with E-state index in [1.54, 1.807) is 0 Å². The minimum absolute atomic E-state index is 0.357. The SMILES string of the molecule is Cc1c(C(F)(F)F)ccc(CCl)c1C(F)(F)F. The molecule has 0 unspecified atom stereocenters. The Morgan fingerprint density at radius 3 is 1.88 bits per heavy atom. The minimum Gasteiger partial charge on any atom is -0.166 e. The third-order valence-electron chi connectivity index (χ3n) is 2.28. The van der Waals surface area contributed by atoms with Crippen molar-refractivity contribution in [3.63, 3.8) is 0 Å². The molecule has 0 atom stereocenters. The molecule has 0 saturated heterocycles. The smallest absolute Gasteiger partial charge is 0.166 e. The minimum atomic E-state index is -4.85. The van der Waals surface area contributed by atoms with Gasteiger partial charge in [0.15, 0.2) is 0 Å². The number of alkyl halides is 7. The molecular formula is C10H7ClF6. The monoisotopic (exact) mass is 276 g/mol. The number of hydrogen-bond acceptors (Lipinski definition) is 0. The predicted octanol–water partition coefficient (Wildman–Crippen LogP) is 4.77. The first-order valence-corrected chi connectivity index (χ1v) is 4.95. The lowest BCUT2D eigenvalue weighted by Gasteiger charge is -2.18. The summed E-state index contributed by atoms with van der Waals surface area (Å²) in [7, 11) is 0. The van der Waals surface area contributed by atoms with Crippen molar-refractivity contribution in [2.45, 2.75) is 25.2 Å². The van der Waals surface area contributed by atoms with Crippen LogP contribution in [0.2, 0.25) is 0 Å². The number of benzene rings is 1. The summed E-state index contributed by atoms with van der Waals surface area (Å²) >= 11 is 5.30. The molecular weight excluding hydrogens is 270 g/mol. The van der Waals surface area contributed by atoms with Crippen LogP contribution in [-0.4, -0.2) is 0 Å². The Morgan fingerprint density at radius 2 is 1.53 bits per heavy atom. The molecule has 0 N–H and O–H groups in total. The fourth-order valence-electron chi connectivity index (χ4n) is 1.58. The third kappa shape index (κ3) is 2.86. The summed E-state index contributed by atoms with van der Waals surface area (Å²) in [5.41, 5.74) is -3.80. The van der Waals surface area contributed by atoms with Crippen LogP contribution in [0.1, 0.15) is 22.3 Å². The van der Waals surface area contributed by atoms with Crippen molar-refractivity contribution in [2.24, 2.45) is 0 Å². The van der Waals surface area contributed by atoms with Crippen LogP contribution in [0.5, 0.6) is 0 Å². The molecule has 0 saturated carbocycles. The summed E-state index contributed by atoms with van der Waals surface area (Å²) in [5.74, 6) is -0.492. The molecule has 0 bridgehead atoms. The maximum Gasteiger partial charge on any atom is 0.416 e. The average Bonchev–Trinajstić information content (AvgIpc) is 2.12. The molecule has 0 heterocycles. The zero-order valence-corrected chi connectivity index (χ0v) is 9.26. The summed E-state index contributed by atoms with van der Waals surface area (Å²) in [6.07, 6.45) is -9.66. The molecule has 7 heteroatoms. The van der Waals surface area contributed by atoms with Gasteiger partial charge in [-0.1, -0.05) is 6.07 Å². The molecule has 0 nitrogen and oxygen atoms in total. The van der Waals surface area contributed by atoms with E-state index in [-0.39, 0.29) is 5.56 Å². The van der Waals surface area contributed by atoms with Gasteiger partial charge < -0.3 is 0 Å². The number of halogens is 7. The average molecular weight is 277 g/mol. The first-order valence-electron chi connectivity index (χ1n) is 4.42. The molecule has 17 heavy (non-hydrogen) atoms. The molecule has 1 aromatic rings. The molecule has 0 aliphatic heterocycles. The van der Waals surface area contributed by atoms with Crippen molar-refractivity contribution in [2.75, 3.05) is 0 Å². The normalized spacial score (nSPS) is 12.9. The Hall–Kier alpha value is -0.910. The highest BCUT2D eigenvalue weighted by molar-refractivity contribution is 6.17. The van der Waals surface area contributed by atoms with Gasteiger partial charge >= 0.3 is 12.4 Å². The van der Waals surface area contributed by atoms with Gasteiger partial charge in [-0.2, -0.15) is 26.3 Å². The van der Waals surface area contributed by atoms with Gasteiger partial charge in [-0.15, -0.1) is 11.6 Å². The van der Waals surface area contributed by atoms with Crippen molar-refractivity contribution in [1.29, 1.82) is 0 Å². The van der Waals surface area contributed by atoms with Crippen molar-refractivity contribution < 1.29 is 26.3 Å². The number of rotatable bonds is 1. The second kappa shape index (κ2) is 4.40. The van der Waals surface area contributed by atoms with E-state index in [0.717, 1.165) is 13.0 Å². The molecule has 0 fully saturated rings. The van der Waals surface area contributed by atoms with Crippen LogP contribution in [0.25, 0.3) is 0 Å². The lowest BCUT2D eigenvalue weighted by atomic mass is 9.97. The van der Waals surface area contributed by atoms with Gasteiger partial charge in [0.2, 0.25) is 0 Å². The van der Waals surface area contributed by atoms with E-state index in [9.17, 15) is 26.3 Å². The van der Waals surface area contributed by atoms with E-state index in [2.05, 4.69) is 0 Å². The molecule has 0 spiro atoms. The fourth-order valence-corrected chi connectivity index (χ4v) is 1.80. The summed E-state index contributed by atoms with van der Waals surface area (Å²) in [6.45, 7) is 0.793. The van der Waals surface area contributed by atoms with Crippen LogP contribution >= 0.6 is 11.6 Å². The first kappa shape index (κ1) is 14.2. The Morgan fingerprint density at radius 1 is 1.00 bits per heavy atom. The lowest BCUT2D eigenvalue weighted by Crippen LogP contribution is -2.16. The summed E-state index contributed by atoms with van der Waals surface area (Å²) in [4.78, 5) is 0. The Balaban J connectivity index is 3.55. The van der Waals surface area contributed by atoms with Crippen LogP contribution in [0.15, 0.2) is 12.1 Å². The zero-order chi connectivity index (χ0) is 13.4. The van der Waals surface area contributed by atoms with Gasteiger partial charge in [-0.25, -0.2) is 0 Å². The Labute approximate surface area is 98.2 Å². The lowest BCUT2D eigenvalue weighted by molar-refractivity contribution is -0.144. The highest BCUT2D eigenvalue weighted by Crippen LogP contribution is 2.41. The van der Waals surface area contributed by atoms with E-state index in [1.807, 2.05) is 0 Å². The van der Waals surface area contributed by atoms with E-state index in [4.69, 9.17) is 11.6 Å². The van der Waals surface area contributed by atoms with E-state index >= 15 is 0 Å². The maximum atomic E-state index is 12.6. The van der Waals surface area contributed by atoms with Crippen LogP contribution in [0.3, 0.4) is 0 Å². The van der Waals surface area contributed by atoms with Gasteiger partial charge in [0, 0.05) is 5.88 Å². The second-order valence-electron chi connectivity index (χ2n) is 3.40. The predicted molar refractivity (Wildman–Crippen MR) is 50.7 cm³/mol. The van der Waals surface area contributed by atoms with Crippen molar-refractivity contribution in [1.82, 2.24) is 0 Å².